The molecule has 1 aliphatic rings. The number of piperidine rings is 1. The maximum Gasteiger partial charge on any atom is 0.151 e. The van der Waals surface area contributed by atoms with Crippen LogP contribution in [0.25, 0.3) is 0 Å². The summed E-state index contributed by atoms with van der Waals surface area (Å²) < 4.78 is 0. The van der Waals surface area contributed by atoms with E-state index in [-0.39, 0.29) is 0 Å². The molecule has 2 heterocycles. The van der Waals surface area contributed by atoms with Gasteiger partial charge in [0, 0.05) is 13.1 Å². The fourth-order valence-corrected chi connectivity index (χ4v) is 2.03. The van der Waals surface area contributed by atoms with Crippen molar-refractivity contribution in [3.63, 3.8) is 0 Å². The molecule has 1 aliphatic heterocycles. The van der Waals surface area contributed by atoms with Gasteiger partial charge < -0.3 is 10.6 Å². The molecule has 0 radical (unpaired) electrons. The number of aryl methyl sites for hydroxylation is 1. The molecule has 2 N–H and O–H groups in total. The number of hydrogen-bond acceptors (Lipinski definition) is 4. The Balaban J connectivity index is 2.06. The number of nitrogens with zero attached hydrogens (tertiary/aromatic N) is 3. The van der Waals surface area contributed by atoms with Gasteiger partial charge in [0.05, 0.1) is 5.69 Å². The van der Waals surface area contributed by atoms with E-state index in [9.17, 15) is 0 Å². The summed E-state index contributed by atoms with van der Waals surface area (Å²) in [6, 6.07) is 4.05. The van der Waals surface area contributed by atoms with Crippen LogP contribution in [0.4, 0.5) is 5.82 Å². The Bertz CT molecular complexity index is 309. The molecule has 0 unspecified atom stereocenters. The van der Waals surface area contributed by atoms with Crippen molar-refractivity contribution in [3.05, 3.63) is 17.8 Å². The van der Waals surface area contributed by atoms with E-state index in [1.165, 1.54) is 12.8 Å². The van der Waals surface area contributed by atoms with Gasteiger partial charge in [0.25, 0.3) is 0 Å². The molecular formula is C11H18N4. The molecule has 4 heteroatoms. The van der Waals surface area contributed by atoms with Crippen molar-refractivity contribution >= 4 is 5.82 Å². The molecule has 0 saturated carbocycles. The minimum atomic E-state index is 0.613. The number of aromatic nitrogens is 2. The van der Waals surface area contributed by atoms with Gasteiger partial charge in [-0.25, -0.2) is 0 Å². The molecule has 1 saturated heterocycles. The highest BCUT2D eigenvalue weighted by Gasteiger charge is 2.19. The third-order valence-electron chi connectivity index (χ3n) is 2.96. The topological polar surface area (TPSA) is 55.0 Å². The highest BCUT2D eigenvalue weighted by Crippen LogP contribution is 2.20. The zero-order chi connectivity index (χ0) is 10.7. The van der Waals surface area contributed by atoms with Crippen LogP contribution in [0.2, 0.25) is 0 Å². The summed E-state index contributed by atoms with van der Waals surface area (Å²) in [5, 5.41) is 8.29. The Morgan fingerprint density at radius 3 is 3.00 bits per heavy atom. The van der Waals surface area contributed by atoms with Crippen LogP contribution in [0.1, 0.15) is 18.5 Å². The lowest BCUT2D eigenvalue weighted by Gasteiger charge is -2.32. The second-order valence-electron chi connectivity index (χ2n) is 4.22. The van der Waals surface area contributed by atoms with E-state index >= 15 is 0 Å². The van der Waals surface area contributed by atoms with E-state index in [0.717, 1.165) is 31.1 Å². The van der Waals surface area contributed by atoms with Crippen molar-refractivity contribution in [2.45, 2.75) is 19.8 Å². The second-order valence-corrected chi connectivity index (χ2v) is 4.22. The van der Waals surface area contributed by atoms with E-state index in [2.05, 4.69) is 15.1 Å². The van der Waals surface area contributed by atoms with Crippen molar-refractivity contribution < 1.29 is 0 Å². The van der Waals surface area contributed by atoms with Gasteiger partial charge in [-0.1, -0.05) is 0 Å². The van der Waals surface area contributed by atoms with Crippen molar-refractivity contribution in [1.29, 1.82) is 0 Å². The monoisotopic (exact) mass is 206 g/mol. The summed E-state index contributed by atoms with van der Waals surface area (Å²) in [7, 11) is 0. The highest BCUT2D eigenvalue weighted by molar-refractivity contribution is 5.37. The molecule has 0 spiro atoms. The first-order chi connectivity index (χ1) is 7.29. The number of nitrogens with two attached hydrogens (primary N) is 1. The molecule has 15 heavy (non-hydrogen) atoms. The fraction of sp³-hybridized carbons (Fsp3) is 0.636. The predicted molar refractivity (Wildman–Crippen MR) is 60.8 cm³/mol. The van der Waals surface area contributed by atoms with Gasteiger partial charge in [-0.15, -0.1) is 5.10 Å². The summed E-state index contributed by atoms with van der Waals surface area (Å²) in [4.78, 5) is 2.29. The second kappa shape index (κ2) is 4.57. The summed E-state index contributed by atoms with van der Waals surface area (Å²) >= 11 is 0. The van der Waals surface area contributed by atoms with Crippen LogP contribution in [0.3, 0.4) is 0 Å². The minimum absolute atomic E-state index is 0.613. The molecule has 1 fully saturated rings. The SMILES string of the molecule is Cc1ccc(N2CCC[C@@H](CN)C2)nn1. The maximum absolute atomic E-state index is 5.70. The van der Waals surface area contributed by atoms with Crippen molar-refractivity contribution in [2.24, 2.45) is 11.7 Å². The van der Waals surface area contributed by atoms with Gasteiger partial charge in [0.1, 0.15) is 0 Å². The summed E-state index contributed by atoms with van der Waals surface area (Å²) in [5.74, 6) is 1.60. The quantitative estimate of drug-likeness (QED) is 0.783. The van der Waals surface area contributed by atoms with Crippen LogP contribution in [0.5, 0.6) is 0 Å². The van der Waals surface area contributed by atoms with Crippen molar-refractivity contribution in [1.82, 2.24) is 10.2 Å². The number of anilines is 1. The van der Waals surface area contributed by atoms with Gasteiger partial charge in [-0.05, 0) is 44.4 Å². The fourth-order valence-electron chi connectivity index (χ4n) is 2.03. The first-order valence-corrected chi connectivity index (χ1v) is 5.55. The third kappa shape index (κ3) is 2.45. The Labute approximate surface area is 90.5 Å². The zero-order valence-corrected chi connectivity index (χ0v) is 9.19. The van der Waals surface area contributed by atoms with E-state index in [1.807, 2.05) is 19.1 Å². The van der Waals surface area contributed by atoms with Crippen molar-refractivity contribution in [3.8, 4) is 0 Å². The molecule has 2 rings (SSSR count). The molecule has 1 aromatic heterocycles. The lowest BCUT2D eigenvalue weighted by molar-refractivity contribution is 0.421. The normalized spacial score (nSPS) is 21.7. The molecule has 0 aliphatic carbocycles. The predicted octanol–water partition coefficient (Wildman–Crippen LogP) is 0.960. The first-order valence-electron chi connectivity index (χ1n) is 5.55. The summed E-state index contributed by atoms with van der Waals surface area (Å²) in [6.07, 6.45) is 2.45. The third-order valence-corrected chi connectivity index (χ3v) is 2.96. The molecular weight excluding hydrogens is 188 g/mol. The standard InChI is InChI=1S/C11H18N4/c1-9-4-5-11(14-13-9)15-6-2-3-10(7-12)8-15/h4-5,10H,2-3,6-8,12H2,1H3/t10-/m0/s1. The smallest absolute Gasteiger partial charge is 0.151 e. The average Bonchev–Trinajstić information content (AvgIpc) is 2.30. The lowest BCUT2D eigenvalue weighted by atomic mass is 9.98. The van der Waals surface area contributed by atoms with Gasteiger partial charge in [-0.3, -0.25) is 0 Å². The average molecular weight is 206 g/mol. The molecule has 0 bridgehead atoms. The van der Waals surface area contributed by atoms with E-state index < -0.39 is 0 Å². The Morgan fingerprint density at radius 2 is 2.33 bits per heavy atom. The number of rotatable bonds is 2. The van der Waals surface area contributed by atoms with E-state index in [0.29, 0.717) is 5.92 Å². The molecule has 82 valence electrons. The summed E-state index contributed by atoms with van der Waals surface area (Å²) in [5.41, 5.74) is 6.67. The largest absolute Gasteiger partial charge is 0.355 e. The van der Waals surface area contributed by atoms with Crippen LogP contribution >= 0.6 is 0 Å². The van der Waals surface area contributed by atoms with Crippen LogP contribution in [0.15, 0.2) is 12.1 Å². The van der Waals surface area contributed by atoms with Gasteiger partial charge >= 0.3 is 0 Å². The zero-order valence-electron chi connectivity index (χ0n) is 9.19. The Kier molecular flexibility index (Phi) is 3.16. The summed E-state index contributed by atoms with van der Waals surface area (Å²) in [6.45, 7) is 4.83. The van der Waals surface area contributed by atoms with Crippen LogP contribution < -0.4 is 10.6 Å². The molecule has 1 atom stereocenters. The molecule has 1 aromatic rings. The molecule has 0 amide bonds. The molecule has 4 nitrogen and oxygen atoms in total. The van der Waals surface area contributed by atoms with E-state index in [4.69, 9.17) is 5.73 Å². The van der Waals surface area contributed by atoms with Crippen molar-refractivity contribution in [2.75, 3.05) is 24.5 Å². The first kappa shape index (κ1) is 10.4. The molecule has 0 aromatic carbocycles. The van der Waals surface area contributed by atoms with Crippen LogP contribution in [0, 0.1) is 12.8 Å². The van der Waals surface area contributed by atoms with Crippen LogP contribution in [-0.4, -0.2) is 29.8 Å². The Hall–Kier alpha value is -1.16. The lowest BCUT2D eigenvalue weighted by Crippen LogP contribution is -2.38. The Morgan fingerprint density at radius 1 is 1.47 bits per heavy atom. The minimum Gasteiger partial charge on any atom is -0.355 e. The van der Waals surface area contributed by atoms with Crippen LogP contribution in [-0.2, 0) is 0 Å². The maximum atomic E-state index is 5.70. The van der Waals surface area contributed by atoms with Gasteiger partial charge in [0.2, 0.25) is 0 Å². The highest BCUT2D eigenvalue weighted by atomic mass is 15.3. The van der Waals surface area contributed by atoms with Gasteiger partial charge in [-0.2, -0.15) is 5.10 Å². The van der Waals surface area contributed by atoms with Gasteiger partial charge in [0.15, 0.2) is 5.82 Å². The number of hydrogen-bond donors (Lipinski definition) is 1. The van der Waals surface area contributed by atoms with E-state index in [1.54, 1.807) is 0 Å².